The zero-order valence-electron chi connectivity index (χ0n) is 12.2. The molecule has 1 heterocycles. The molecule has 0 saturated heterocycles. The molecule has 3 nitrogen and oxygen atoms in total. The van der Waals surface area contributed by atoms with Gasteiger partial charge in [0.15, 0.2) is 0 Å². The van der Waals surface area contributed by atoms with E-state index in [0.29, 0.717) is 5.02 Å². The summed E-state index contributed by atoms with van der Waals surface area (Å²) in [7, 11) is 1.65. The summed E-state index contributed by atoms with van der Waals surface area (Å²) in [4.78, 5) is 0. The number of anilines is 1. The molecule has 21 heavy (non-hydrogen) atoms. The maximum absolute atomic E-state index is 6.24. The number of hydrogen-bond acceptors (Lipinski definition) is 3. The third-order valence-electron chi connectivity index (χ3n) is 3.76. The van der Waals surface area contributed by atoms with Gasteiger partial charge >= 0.3 is 0 Å². The molecule has 0 fully saturated rings. The highest BCUT2D eigenvalue weighted by molar-refractivity contribution is 6.33. The van der Waals surface area contributed by atoms with Crippen molar-refractivity contribution in [3.8, 4) is 11.5 Å². The average Bonchev–Trinajstić information content (AvgIpc) is 2.96. The monoisotopic (exact) mass is 303 g/mol. The Labute approximate surface area is 129 Å². The molecule has 0 saturated carbocycles. The first-order valence-corrected chi connectivity index (χ1v) is 7.41. The highest BCUT2D eigenvalue weighted by Crippen LogP contribution is 2.32. The maximum Gasteiger partial charge on any atom is 0.122 e. The van der Waals surface area contributed by atoms with E-state index in [9.17, 15) is 0 Å². The zero-order valence-corrected chi connectivity index (χ0v) is 12.9. The molecule has 1 unspecified atom stereocenters. The van der Waals surface area contributed by atoms with Crippen LogP contribution in [0.1, 0.15) is 24.1 Å². The van der Waals surface area contributed by atoms with Crippen molar-refractivity contribution in [1.82, 2.24) is 0 Å². The Bertz CT molecular complexity index is 657. The second-order valence-electron chi connectivity index (χ2n) is 5.18. The molecule has 0 radical (unpaired) electrons. The van der Waals surface area contributed by atoms with Crippen molar-refractivity contribution in [3.05, 3.63) is 52.5 Å². The van der Waals surface area contributed by atoms with Gasteiger partial charge in [0.25, 0.3) is 0 Å². The zero-order chi connectivity index (χ0) is 14.8. The first-order chi connectivity index (χ1) is 10.2. The first kappa shape index (κ1) is 14.1. The van der Waals surface area contributed by atoms with Crippen molar-refractivity contribution >= 4 is 17.3 Å². The Hall–Kier alpha value is -1.87. The molecule has 1 atom stereocenters. The highest BCUT2D eigenvalue weighted by atomic mass is 35.5. The van der Waals surface area contributed by atoms with Crippen LogP contribution in [0.4, 0.5) is 5.69 Å². The Morgan fingerprint density at radius 1 is 1.24 bits per heavy atom. The summed E-state index contributed by atoms with van der Waals surface area (Å²) >= 11 is 6.24. The van der Waals surface area contributed by atoms with Crippen LogP contribution in [0.2, 0.25) is 5.02 Å². The van der Waals surface area contributed by atoms with E-state index in [1.54, 1.807) is 7.11 Å². The molecule has 1 aliphatic rings. The molecule has 2 aromatic rings. The van der Waals surface area contributed by atoms with Crippen LogP contribution in [-0.2, 0) is 6.42 Å². The fourth-order valence-electron chi connectivity index (χ4n) is 2.53. The molecular formula is C17H18ClNO2. The van der Waals surface area contributed by atoms with Gasteiger partial charge in [-0.1, -0.05) is 17.7 Å². The predicted molar refractivity (Wildman–Crippen MR) is 85.7 cm³/mol. The molecule has 0 bridgehead atoms. The molecular weight excluding hydrogens is 286 g/mol. The van der Waals surface area contributed by atoms with Gasteiger partial charge in [0.05, 0.1) is 24.4 Å². The third kappa shape index (κ3) is 2.93. The minimum atomic E-state index is 0.153. The topological polar surface area (TPSA) is 30.5 Å². The van der Waals surface area contributed by atoms with Gasteiger partial charge in [0, 0.05) is 18.5 Å². The van der Waals surface area contributed by atoms with Gasteiger partial charge in [-0.3, -0.25) is 0 Å². The molecule has 0 spiro atoms. The number of nitrogens with one attached hydrogen (secondary N) is 1. The predicted octanol–water partition coefficient (Wildman–Crippen LogP) is 4.46. The Balaban J connectivity index is 1.81. The molecule has 1 N–H and O–H groups in total. The SMILES string of the molecule is COc1ccc(Cl)c(NC(C)c2ccc3c(c2)CCO3)c1. The van der Waals surface area contributed by atoms with Crippen molar-refractivity contribution in [2.75, 3.05) is 19.0 Å². The number of hydrogen-bond donors (Lipinski definition) is 1. The second kappa shape index (κ2) is 5.86. The standard InChI is InChI=1S/C17H18ClNO2/c1-11(12-3-6-17-13(9-12)7-8-21-17)19-16-10-14(20-2)4-5-15(16)18/h3-6,9-11,19H,7-8H2,1-2H3. The van der Waals surface area contributed by atoms with Crippen LogP contribution >= 0.6 is 11.6 Å². The summed E-state index contributed by atoms with van der Waals surface area (Å²) in [6, 6.07) is 12.1. The fourth-order valence-corrected chi connectivity index (χ4v) is 2.71. The lowest BCUT2D eigenvalue weighted by molar-refractivity contribution is 0.357. The quantitative estimate of drug-likeness (QED) is 0.905. The van der Waals surface area contributed by atoms with E-state index in [-0.39, 0.29) is 6.04 Å². The van der Waals surface area contributed by atoms with E-state index >= 15 is 0 Å². The van der Waals surface area contributed by atoms with Crippen molar-refractivity contribution in [1.29, 1.82) is 0 Å². The summed E-state index contributed by atoms with van der Waals surface area (Å²) in [6.07, 6.45) is 0.982. The minimum absolute atomic E-state index is 0.153. The normalized spacial score (nSPS) is 14.2. The average molecular weight is 304 g/mol. The largest absolute Gasteiger partial charge is 0.497 e. The lowest BCUT2D eigenvalue weighted by atomic mass is 10.0. The summed E-state index contributed by atoms with van der Waals surface area (Å²) in [5, 5.41) is 4.13. The Morgan fingerprint density at radius 3 is 2.90 bits per heavy atom. The lowest BCUT2D eigenvalue weighted by Crippen LogP contribution is -2.07. The van der Waals surface area contributed by atoms with Gasteiger partial charge in [-0.05, 0) is 42.3 Å². The van der Waals surface area contributed by atoms with Gasteiger partial charge < -0.3 is 14.8 Å². The van der Waals surface area contributed by atoms with Gasteiger partial charge in [0.1, 0.15) is 11.5 Å². The molecule has 3 rings (SSSR count). The minimum Gasteiger partial charge on any atom is -0.497 e. The Kier molecular flexibility index (Phi) is 3.93. The van der Waals surface area contributed by atoms with E-state index in [4.69, 9.17) is 21.1 Å². The van der Waals surface area contributed by atoms with Crippen LogP contribution in [0.25, 0.3) is 0 Å². The molecule has 110 valence electrons. The van der Waals surface area contributed by atoms with Gasteiger partial charge in [0.2, 0.25) is 0 Å². The number of fused-ring (bicyclic) bond motifs is 1. The van der Waals surface area contributed by atoms with Crippen LogP contribution in [0.5, 0.6) is 11.5 Å². The van der Waals surface area contributed by atoms with Crippen molar-refractivity contribution < 1.29 is 9.47 Å². The van der Waals surface area contributed by atoms with E-state index in [1.165, 1.54) is 11.1 Å². The number of methoxy groups -OCH3 is 1. The van der Waals surface area contributed by atoms with Crippen molar-refractivity contribution in [2.24, 2.45) is 0 Å². The molecule has 4 heteroatoms. The molecule has 1 aliphatic heterocycles. The Morgan fingerprint density at radius 2 is 2.10 bits per heavy atom. The first-order valence-electron chi connectivity index (χ1n) is 7.03. The summed E-state index contributed by atoms with van der Waals surface area (Å²) in [6.45, 7) is 2.90. The van der Waals surface area contributed by atoms with Crippen molar-refractivity contribution in [2.45, 2.75) is 19.4 Å². The number of halogens is 1. The van der Waals surface area contributed by atoms with Crippen LogP contribution in [-0.4, -0.2) is 13.7 Å². The third-order valence-corrected chi connectivity index (χ3v) is 4.09. The second-order valence-corrected chi connectivity index (χ2v) is 5.58. The van der Waals surface area contributed by atoms with Gasteiger partial charge in [-0.25, -0.2) is 0 Å². The highest BCUT2D eigenvalue weighted by Gasteiger charge is 2.15. The molecule has 0 amide bonds. The van der Waals surface area contributed by atoms with Gasteiger partial charge in [-0.2, -0.15) is 0 Å². The van der Waals surface area contributed by atoms with Crippen LogP contribution in [0.15, 0.2) is 36.4 Å². The van der Waals surface area contributed by atoms with Crippen LogP contribution in [0.3, 0.4) is 0 Å². The van der Waals surface area contributed by atoms with Crippen molar-refractivity contribution in [3.63, 3.8) is 0 Å². The smallest absolute Gasteiger partial charge is 0.122 e. The number of benzene rings is 2. The van der Waals surface area contributed by atoms with Crippen LogP contribution in [0, 0.1) is 0 Å². The number of rotatable bonds is 4. The van der Waals surface area contributed by atoms with E-state index in [0.717, 1.165) is 30.2 Å². The van der Waals surface area contributed by atoms with Gasteiger partial charge in [-0.15, -0.1) is 0 Å². The number of ether oxygens (including phenoxy) is 2. The summed E-state index contributed by atoms with van der Waals surface area (Å²) in [5.74, 6) is 1.79. The molecule has 0 aromatic heterocycles. The van der Waals surface area contributed by atoms with Crippen LogP contribution < -0.4 is 14.8 Å². The summed E-state index contributed by atoms with van der Waals surface area (Å²) in [5.41, 5.74) is 3.37. The molecule has 2 aromatic carbocycles. The molecule has 0 aliphatic carbocycles. The van der Waals surface area contributed by atoms with E-state index < -0.39 is 0 Å². The lowest BCUT2D eigenvalue weighted by Gasteiger charge is -2.18. The summed E-state index contributed by atoms with van der Waals surface area (Å²) < 4.78 is 10.8. The van der Waals surface area contributed by atoms with E-state index in [2.05, 4.69) is 24.4 Å². The fraction of sp³-hybridized carbons (Fsp3) is 0.294. The maximum atomic E-state index is 6.24. The van der Waals surface area contributed by atoms with E-state index in [1.807, 2.05) is 24.3 Å².